The molecule has 2 rings (SSSR count). The number of hydrogen-bond donors (Lipinski definition) is 1. The van der Waals surface area contributed by atoms with Crippen molar-refractivity contribution in [1.82, 2.24) is 5.32 Å². The molecule has 1 aromatic carbocycles. The van der Waals surface area contributed by atoms with E-state index in [-0.39, 0.29) is 11.7 Å². The lowest BCUT2D eigenvalue weighted by Crippen LogP contribution is -2.30. The summed E-state index contributed by atoms with van der Waals surface area (Å²) in [5, 5.41) is 2.58. The van der Waals surface area contributed by atoms with E-state index in [0.717, 1.165) is 12.5 Å². The molecule has 1 saturated heterocycles. The molecule has 4 nitrogen and oxygen atoms in total. The highest BCUT2D eigenvalue weighted by Gasteiger charge is 2.23. The maximum absolute atomic E-state index is 13.7. The summed E-state index contributed by atoms with van der Waals surface area (Å²) in [5.74, 6) is -2.72. The third-order valence-corrected chi connectivity index (χ3v) is 3.08. The second kappa shape index (κ2) is 5.97. The van der Waals surface area contributed by atoms with Gasteiger partial charge >= 0.3 is 0 Å². The summed E-state index contributed by atoms with van der Waals surface area (Å²) in [6, 6.07) is 2.15. The number of rotatable bonds is 4. The number of ether oxygens (including phenoxy) is 2. The average molecular weight is 271 g/mol. The van der Waals surface area contributed by atoms with Gasteiger partial charge in [0.15, 0.2) is 11.6 Å². The molecule has 1 amide bonds. The van der Waals surface area contributed by atoms with Crippen molar-refractivity contribution in [3.8, 4) is 5.75 Å². The van der Waals surface area contributed by atoms with Gasteiger partial charge in [0.1, 0.15) is 11.3 Å². The molecule has 1 aliphatic rings. The quantitative estimate of drug-likeness (QED) is 0.907. The fraction of sp³-hybridized carbons (Fsp3) is 0.462. The molecule has 19 heavy (non-hydrogen) atoms. The molecule has 1 N–H and O–H groups in total. The van der Waals surface area contributed by atoms with Crippen molar-refractivity contribution in [2.45, 2.75) is 6.42 Å². The van der Waals surface area contributed by atoms with E-state index >= 15 is 0 Å². The number of methoxy groups -OCH3 is 1. The number of amides is 1. The van der Waals surface area contributed by atoms with Gasteiger partial charge in [0, 0.05) is 19.1 Å². The summed E-state index contributed by atoms with van der Waals surface area (Å²) in [6.07, 6.45) is 0.850. The Bertz CT molecular complexity index is 473. The van der Waals surface area contributed by atoms with Gasteiger partial charge in [-0.2, -0.15) is 0 Å². The van der Waals surface area contributed by atoms with Crippen LogP contribution in [0.3, 0.4) is 0 Å². The largest absolute Gasteiger partial charge is 0.496 e. The average Bonchev–Trinajstić information content (AvgIpc) is 2.92. The number of nitrogens with one attached hydrogen (secondary N) is 1. The van der Waals surface area contributed by atoms with E-state index in [1.165, 1.54) is 13.2 Å². The van der Waals surface area contributed by atoms with Gasteiger partial charge in [-0.05, 0) is 18.6 Å². The van der Waals surface area contributed by atoms with Gasteiger partial charge in [0.05, 0.1) is 13.7 Å². The molecule has 1 aromatic rings. The van der Waals surface area contributed by atoms with Crippen molar-refractivity contribution in [3.63, 3.8) is 0 Å². The highest BCUT2D eigenvalue weighted by atomic mass is 19.2. The van der Waals surface area contributed by atoms with E-state index in [0.29, 0.717) is 19.8 Å². The molecule has 0 radical (unpaired) electrons. The van der Waals surface area contributed by atoms with Gasteiger partial charge in [0.25, 0.3) is 5.91 Å². The molecule has 0 saturated carbocycles. The Labute approximate surface area is 109 Å². The van der Waals surface area contributed by atoms with Gasteiger partial charge in [-0.3, -0.25) is 4.79 Å². The van der Waals surface area contributed by atoms with Crippen molar-refractivity contribution >= 4 is 5.91 Å². The molecule has 1 heterocycles. The van der Waals surface area contributed by atoms with E-state index in [2.05, 4.69) is 5.32 Å². The number of carbonyl (C=O) groups excluding carboxylic acids is 1. The SMILES string of the molecule is COc1ccc(F)c(F)c1C(=O)NCC1CCOC1. The van der Waals surface area contributed by atoms with Gasteiger partial charge in [0.2, 0.25) is 0 Å². The number of halogens is 2. The van der Waals surface area contributed by atoms with E-state index in [1.807, 2.05) is 0 Å². The molecule has 0 aliphatic carbocycles. The van der Waals surface area contributed by atoms with Crippen molar-refractivity contribution in [2.24, 2.45) is 5.92 Å². The topological polar surface area (TPSA) is 47.6 Å². The minimum Gasteiger partial charge on any atom is -0.496 e. The van der Waals surface area contributed by atoms with Gasteiger partial charge < -0.3 is 14.8 Å². The van der Waals surface area contributed by atoms with Crippen LogP contribution in [0.5, 0.6) is 5.75 Å². The summed E-state index contributed by atoms with van der Waals surface area (Å²) < 4.78 is 36.9. The maximum atomic E-state index is 13.7. The van der Waals surface area contributed by atoms with Crippen LogP contribution in [0.25, 0.3) is 0 Å². The third kappa shape index (κ3) is 3.01. The summed E-state index contributed by atoms with van der Waals surface area (Å²) in [4.78, 5) is 11.9. The van der Waals surface area contributed by atoms with E-state index < -0.39 is 23.1 Å². The molecular weight excluding hydrogens is 256 g/mol. The third-order valence-electron chi connectivity index (χ3n) is 3.08. The molecule has 1 aliphatic heterocycles. The highest BCUT2D eigenvalue weighted by molar-refractivity contribution is 5.97. The van der Waals surface area contributed by atoms with Crippen molar-refractivity contribution in [1.29, 1.82) is 0 Å². The lowest BCUT2D eigenvalue weighted by molar-refractivity contribution is 0.0936. The Kier molecular flexibility index (Phi) is 4.31. The zero-order valence-corrected chi connectivity index (χ0v) is 10.5. The zero-order valence-electron chi connectivity index (χ0n) is 10.5. The second-order valence-electron chi connectivity index (χ2n) is 4.38. The van der Waals surface area contributed by atoms with E-state index in [4.69, 9.17) is 9.47 Å². The number of hydrogen-bond acceptors (Lipinski definition) is 3. The van der Waals surface area contributed by atoms with Crippen LogP contribution >= 0.6 is 0 Å². The van der Waals surface area contributed by atoms with Crippen molar-refractivity contribution in [2.75, 3.05) is 26.9 Å². The molecule has 0 spiro atoms. The first-order chi connectivity index (χ1) is 9.13. The van der Waals surface area contributed by atoms with Gasteiger partial charge in [-0.25, -0.2) is 8.78 Å². The monoisotopic (exact) mass is 271 g/mol. The molecule has 1 unspecified atom stereocenters. The predicted molar refractivity (Wildman–Crippen MR) is 64.2 cm³/mol. The lowest BCUT2D eigenvalue weighted by Gasteiger charge is -2.12. The Balaban J connectivity index is 2.11. The van der Waals surface area contributed by atoms with Crippen LogP contribution in [0, 0.1) is 17.6 Å². The number of benzene rings is 1. The van der Waals surface area contributed by atoms with Crippen LogP contribution in [-0.2, 0) is 4.74 Å². The lowest BCUT2D eigenvalue weighted by atomic mass is 10.1. The van der Waals surface area contributed by atoms with Crippen LogP contribution in [-0.4, -0.2) is 32.8 Å². The Hall–Kier alpha value is -1.69. The summed E-state index contributed by atoms with van der Waals surface area (Å²) >= 11 is 0. The van der Waals surface area contributed by atoms with Crippen LogP contribution < -0.4 is 10.1 Å². The first kappa shape index (κ1) is 13.7. The molecule has 1 fully saturated rings. The minimum absolute atomic E-state index is 0.0130. The van der Waals surface area contributed by atoms with Crippen LogP contribution in [0.1, 0.15) is 16.8 Å². The first-order valence-electron chi connectivity index (χ1n) is 6.01. The Morgan fingerprint density at radius 2 is 2.32 bits per heavy atom. The smallest absolute Gasteiger partial charge is 0.258 e. The second-order valence-corrected chi connectivity index (χ2v) is 4.38. The van der Waals surface area contributed by atoms with Crippen molar-refractivity contribution in [3.05, 3.63) is 29.3 Å². The molecular formula is C13H15F2NO3. The van der Waals surface area contributed by atoms with Crippen LogP contribution in [0.4, 0.5) is 8.78 Å². The fourth-order valence-electron chi connectivity index (χ4n) is 1.98. The molecule has 6 heteroatoms. The maximum Gasteiger partial charge on any atom is 0.258 e. The zero-order chi connectivity index (χ0) is 13.8. The van der Waals surface area contributed by atoms with Gasteiger partial charge in [-0.1, -0.05) is 0 Å². The molecule has 104 valence electrons. The van der Waals surface area contributed by atoms with E-state index in [9.17, 15) is 13.6 Å². The summed E-state index contributed by atoms with van der Waals surface area (Å²) in [5.41, 5.74) is -0.401. The van der Waals surface area contributed by atoms with E-state index in [1.54, 1.807) is 0 Å². The fourth-order valence-corrected chi connectivity index (χ4v) is 1.98. The van der Waals surface area contributed by atoms with Crippen molar-refractivity contribution < 1.29 is 23.0 Å². The molecule has 1 atom stereocenters. The number of carbonyl (C=O) groups is 1. The minimum atomic E-state index is -1.19. The highest BCUT2D eigenvalue weighted by Crippen LogP contribution is 2.23. The van der Waals surface area contributed by atoms with Crippen LogP contribution in [0.15, 0.2) is 12.1 Å². The first-order valence-corrected chi connectivity index (χ1v) is 6.01. The summed E-state index contributed by atoms with van der Waals surface area (Å²) in [7, 11) is 1.30. The van der Waals surface area contributed by atoms with Gasteiger partial charge in [-0.15, -0.1) is 0 Å². The summed E-state index contributed by atoms with van der Waals surface area (Å²) in [6.45, 7) is 1.61. The Morgan fingerprint density at radius 3 is 2.95 bits per heavy atom. The van der Waals surface area contributed by atoms with Crippen LogP contribution in [0.2, 0.25) is 0 Å². The normalized spacial score (nSPS) is 18.4. The predicted octanol–water partition coefficient (Wildman–Crippen LogP) is 1.74. The molecule has 0 aromatic heterocycles. The standard InChI is InChI=1S/C13H15F2NO3/c1-18-10-3-2-9(14)12(15)11(10)13(17)16-6-8-4-5-19-7-8/h2-3,8H,4-7H2,1H3,(H,16,17). The Morgan fingerprint density at radius 1 is 1.53 bits per heavy atom. The molecule has 0 bridgehead atoms.